The van der Waals surface area contributed by atoms with Crippen LogP contribution in [0.3, 0.4) is 0 Å². The normalized spacial score (nSPS) is 13.1. The van der Waals surface area contributed by atoms with Crippen molar-refractivity contribution in [3.63, 3.8) is 0 Å². The highest BCUT2D eigenvalue weighted by molar-refractivity contribution is 7.89. The van der Waals surface area contributed by atoms with Gasteiger partial charge in [0.15, 0.2) is 0 Å². The van der Waals surface area contributed by atoms with Crippen LogP contribution in [-0.4, -0.2) is 39.0 Å². The first kappa shape index (κ1) is 17.4. The quantitative estimate of drug-likeness (QED) is 0.781. The van der Waals surface area contributed by atoms with E-state index in [2.05, 4.69) is 5.32 Å². The maximum atomic E-state index is 12.3. The molecule has 0 saturated heterocycles. The van der Waals surface area contributed by atoms with E-state index in [-0.39, 0.29) is 4.90 Å². The van der Waals surface area contributed by atoms with Crippen molar-refractivity contribution in [2.75, 3.05) is 20.1 Å². The highest BCUT2D eigenvalue weighted by Crippen LogP contribution is 2.26. The minimum Gasteiger partial charge on any atom is -0.312 e. The van der Waals surface area contributed by atoms with Crippen molar-refractivity contribution in [2.45, 2.75) is 31.0 Å². The fourth-order valence-electron chi connectivity index (χ4n) is 1.57. The van der Waals surface area contributed by atoms with Crippen LogP contribution in [0.2, 0.25) is 0 Å². The second-order valence-electron chi connectivity index (χ2n) is 4.26. The lowest BCUT2D eigenvalue weighted by Gasteiger charge is -2.19. The van der Waals surface area contributed by atoms with Gasteiger partial charge in [-0.3, -0.25) is 0 Å². The van der Waals surface area contributed by atoms with E-state index in [1.807, 2.05) is 6.92 Å². The van der Waals surface area contributed by atoms with E-state index in [0.29, 0.717) is 15.7 Å². The first-order valence-electron chi connectivity index (χ1n) is 5.98. The zero-order valence-corrected chi connectivity index (χ0v) is 12.8. The van der Waals surface area contributed by atoms with Crippen LogP contribution >= 0.6 is 11.3 Å². The number of hydrogen-bond acceptors (Lipinski definition) is 4. The molecular weight excluding hydrogens is 313 g/mol. The Morgan fingerprint density at radius 2 is 2.05 bits per heavy atom. The van der Waals surface area contributed by atoms with E-state index >= 15 is 0 Å². The monoisotopic (exact) mass is 330 g/mol. The predicted molar refractivity (Wildman–Crippen MR) is 72.2 cm³/mol. The van der Waals surface area contributed by atoms with Gasteiger partial charge >= 0.3 is 6.18 Å². The van der Waals surface area contributed by atoms with E-state index < -0.39 is 22.7 Å². The molecular formula is C11H17F3N2O2S2. The molecule has 0 unspecified atom stereocenters. The largest absolute Gasteiger partial charge is 0.402 e. The molecule has 9 heteroatoms. The molecule has 1 aromatic heterocycles. The van der Waals surface area contributed by atoms with E-state index in [9.17, 15) is 21.6 Å². The van der Waals surface area contributed by atoms with Crippen molar-refractivity contribution in [1.29, 1.82) is 0 Å². The van der Waals surface area contributed by atoms with Gasteiger partial charge in [-0.25, -0.2) is 8.42 Å². The second-order valence-corrected chi connectivity index (χ2v) is 7.28. The fourth-order valence-corrected chi connectivity index (χ4v) is 4.11. The number of hydrogen-bond donors (Lipinski definition) is 1. The Labute approximate surface area is 120 Å². The van der Waals surface area contributed by atoms with Crippen LogP contribution in [0.4, 0.5) is 13.2 Å². The molecule has 1 aromatic rings. The minimum atomic E-state index is -4.56. The molecule has 1 heterocycles. The van der Waals surface area contributed by atoms with Gasteiger partial charge in [-0.1, -0.05) is 6.92 Å². The van der Waals surface area contributed by atoms with Gasteiger partial charge in [0, 0.05) is 18.5 Å². The van der Waals surface area contributed by atoms with Gasteiger partial charge in [-0.05, 0) is 24.4 Å². The van der Waals surface area contributed by atoms with Crippen molar-refractivity contribution in [3.05, 3.63) is 16.3 Å². The molecule has 0 saturated carbocycles. The minimum absolute atomic E-state index is 0.0575. The Bertz CT molecular complexity index is 526. The zero-order chi connectivity index (χ0) is 15.4. The summed E-state index contributed by atoms with van der Waals surface area (Å²) in [5.41, 5.74) is 0. The number of halogens is 3. The van der Waals surface area contributed by atoms with Crippen LogP contribution < -0.4 is 5.32 Å². The summed E-state index contributed by atoms with van der Waals surface area (Å²) in [6.07, 6.45) is -3.67. The number of alkyl halides is 3. The average Bonchev–Trinajstić information content (AvgIpc) is 2.76. The smallest absolute Gasteiger partial charge is 0.312 e. The summed E-state index contributed by atoms with van der Waals surface area (Å²) >= 11 is 1.21. The van der Waals surface area contributed by atoms with Crippen molar-refractivity contribution in [2.24, 2.45) is 0 Å². The van der Waals surface area contributed by atoms with Gasteiger partial charge in [-0.2, -0.15) is 17.5 Å². The highest BCUT2D eigenvalue weighted by Gasteiger charge is 2.35. The maximum Gasteiger partial charge on any atom is 0.402 e. The molecule has 1 N–H and O–H groups in total. The number of thiophene rings is 1. The lowest BCUT2D eigenvalue weighted by molar-refractivity contribution is -0.134. The summed E-state index contributed by atoms with van der Waals surface area (Å²) in [7, 11) is -3.18. The molecule has 0 aliphatic rings. The van der Waals surface area contributed by atoms with Crippen LogP contribution in [-0.2, 0) is 16.6 Å². The van der Waals surface area contributed by atoms with Gasteiger partial charge < -0.3 is 5.32 Å². The third-order valence-corrected chi connectivity index (χ3v) is 5.45. The number of rotatable bonds is 7. The van der Waals surface area contributed by atoms with Gasteiger partial charge in [0.2, 0.25) is 10.0 Å². The number of nitrogens with one attached hydrogen (secondary N) is 1. The molecule has 20 heavy (non-hydrogen) atoms. The van der Waals surface area contributed by atoms with E-state index in [4.69, 9.17) is 0 Å². The Morgan fingerprint density at radius 1 is 1.40 bits per heavy atom. The lowest BCUT2D eigenvalue weighted by atomic mass is 10.4. The van der Waals surface area contributed by atoms with Crippen LogP contribution in [0.1, 0.15) is 18.2 Å². The Hall–Kier alpha value is -0.640. The molecule has 116 valence electrons. The summed E-state index contributed by atoms with van der Waals surface area (Å²) in [6.45, 7) is 1.53. The summed E-state index contributed by atoms with van der Waals surface area (Å²) in [4.78, 5) is 0.463. The summed E-state index contributed by atoms with van der Waals surface area (Å²) in [5, 5.41) is 4.61. The van der Waals surface area contributed by atoms with Crippen molar-refractivity contribution in [1.82, 2.24) is 9.62 Å². The third-order valence-electron chi connectivity index (χ3n) is 2.51. The predicted octanol–water partition coefficient (Wildman–Crippen LogP) is 2.43. The van der Waals surface area contributed by atoms with Crippen LogP contribution in [0.5, 0.6) is 0 Å². The topological polar surface area (TPSA) is 49.4 Å². The second kappa shape index (κ2) is 6.88. The standard InChI is InChI=1S/C11H17F3N2O2S2/c1-3-5-15-7-9-10(4-6-19-9)20(17,18)16(2)8-11(12,13)14/h4,6,15H,3,5,7-8H2,1-2H3. The summed E-state index contributed by atoms with van der Waals surface area (Å²) < 4.78 is 61.5. The zero-order valence-electron chi connectivity index (χ0n) is 11.2. The average molecular weight is 330 g/mol. The third kappa shape index (κ3) is 4.72. The van der Waals surface area contributed by atoms with E-state index in [0.717, 1.165) is 20.0 Å². The maximum absolute atomic E-state index is 12.3. The molecule has 0 aromatic carbocycles. The van der Waals surface area contributed by atoms with Crippen LogP contribution in [0.25, 0.3) is 0 Å². The van der Waals surface area contributed by atoms with E-state index in [1.165, 1.54) is 17.4 Å². The molecule has 4 nitrogen and oxygen atoms in total. The summed E-state index contributed by atoms with van der Waals surface area (Å²) in [6, 6.07) is 1.34. The molecule has 0 amide bonds. The first-order valence-corrected chi connectivity index (χ1v) is 8.30. The molecule has 0 aliphatic heterocycles. The first-order chi connectivity index (χ1) is 9.18. The fraction of sp³-hybridized carbons (Fsp3) is 0.636. The van der Waals surface area contributed by atoms with Gasteiger partial charge in [-0.15, -0.1) is 11.3 Å². The molecule has 0 atom stereocenters. The molecule has 0 spiro atoms. The Morgan fingerprint density at radius 3 is 2.60 bits per heavy atom. The van der Waals surface area contributed by atoms with Gasteiger partial charge in [0.1, 0.15) is 6.54 Å². The molecule has 0 aliphatic carbocycles. The van der Waals surface area contributed by atoms with Crippen LogP contribution in [0.15, 0.2) is 16.3 Å². The van der Waals surface area contributed by atoms with E-state index in [1.54, 1.807) is 5.38 Å². The lowest BCUT2D eigenvalue weighted by Crippen LogP contribution is -2.36. The van der Waals surface area contributed by atoms with Crippen LogP contribution in [0, 0.1) is 0 Å². The molecule has 0 bridgehead atoms. The summed E-state index contributed by atoms with van der Waals surface area (Å²) in [5.74, 6) is 0. The number of sulfonamides is 1. The molecule has 1 rings (SSSR count). The Kier molecular flexibility index (Phi) is 5.99. The van der Waals surface area contributed by atoms with Crippen molar-refractivity contribution in [3.8, 4) is 0 Å². The Balaban J connectivity index is 2.90. The number of nitrogens with zero attached hydrogens (tertiary/aromatic N) is 1. The SMILES string of the molecule is CCCNCc1sccc1S(=O)(=O)N(C)CC(F)(F)F. The van der Waals surface area contributed by atoms with Crippen molar-refractivity contribution >= 4 is 21.4 Å². The van der Waals surface area contributed by atoms with Gasteiger partial charge in [0.25, 0.3) is 0 Å². The van der Waals surface area contributed by atoms with Gasteiger partial charge in [0.05, 0.1) is 4.90 Å². The highest BCUT2D eigenvalue weighted by atomic mass is 32.2. The molecule has 0 radical (unpaired) electrons. The molecule has 0 fully saturated rings. The van der Waals surface area contributed by atoms with Crippen molar-refractivity contribution < 1.29 is 21.6 Å².